The van der Waals surface area contributed by atoms with Crippen molar-refractivity contribution in [3.63, 3.8) is 0 Å². The second kappa shape index (κ2) is 6.86. The monoisotopic (exact) mass is 306 g/mol. The van der Waals surface area contributed by atoms with Gasteiger partial charge in [-0.3, -0.25) is 0 Å². The molecule has 0 aliphatic rings. The number of carboxylic acids is 1. The van der Waals surface area contributed by atoms with E-state index in [0.717, 1.165) is 10.6 Å². The summed E-state index contributed by atoms with van der Waals surface area (Å²) in [6.07, 6.45) is 7.81. The third kappa shape index (κ3) is 7.74. The van der Waals surface area contributed by atoms with E-state index in [2.05, 4.69) is 38.4 Å². The van der Waals surface area contributed by atoms with E-state index in [0.29, 0.717) is 4.48 Å². The number of carboxylic acid groups (broad SMARTS) is 1. The number of rotatable bonds is 4. The van der Waals surface area contributed by atoms with Crippen molar-refractivity contribution in [3.05, 3.63) is 45.9 Å². The van der Waals surface area contributed by atoms with Crippen molar-refractivity contribution in [3.8, 4) is 0 Å². The lowest BCUT2D eigenvalue weighted by atomic mass is 10.4. The summed E-state index contributed by atoms with van der Waals surface area (Å²) in [6, 6.07) is 0. The molecule has 0 unspecified atom stereocenters. The third-order valence-electron chi connectivity index (χ3n) is 0.929. The molecule has 0 bridgehead atoms. The standard InChI is InChI=1S/C9H8Br2O2/c1-2-3-4-7(10)5-8(11)6-9(12)13/h2-6H,1H2,(H,12,13)/b4-3-,7-5+,8-6-. The molecule has 0 heterocycles. The van der Waals surface area contributed by atoms with Gasteiger partial charge in [-0.05, 0) is 12.2 Å². The van der Waals surface area contributed by atoms with Gasteiger partial charge in [-0.15, -0.1) is 0 Å². The molecular weight excluding hydrogens is 300 g/mol. The highest BCUT2D eigenvalue weighted by molar-refractivity contribution is 9.12. The van der Waals surface area contributed by atoms with Gasteiger partial charge in [-0.25, -0.2) is 4.79 Å². The van der Waals surface area contributed by atoms with Crippen LogP contribution in [-0.4, -0.2) is 11.1 Å². The largest absolute Gasteiger partial charge is 0.478 e. The number of halogens is 2. The predicted octanol–water partition coefficient (Wildman–Crippen LogP) is 3.37. The lowest BCUT2D eigenvalue weighted by Crippen LogP contribution is -1.86. The van der Waals surface area contributed by atoms with E-state index < -0.39 is 5.97 Å². The highest BCUT2D eigenvalue weighted by Gasteiger charge is 1.92. The van der Waals surface area contributed by atoms with E-state index in [1.54, 1.807) is 24.3 Å². The molecule has 0 saturated heterocycles. The lowest BCUT2D eigenvalue weighted by molar-refractivity contribution is -0.131. The second-order valence-electron chi connectivity index (χ2n) is 1.99. The maximum atomic E-state index is 10.2. The molecule has 0 aliphatic heterocycles. The Balaban J connectivity index is 4.46. The van der Waals surface area contributed by atoms with Crippen LogP contribution in [-0.2, 0) is 4.79 Å². The Bertz CT molecular complexity index is 288. The van der Waals surface area contributed by atoms with Crippen LogP contribution in [0.1, 0.15) is 0 Å². The first-order valence-corrected chi connectivity index (χ1v) is 4.91. The van der Waals surface area contributed by atoms with Gasteiger partial charge in [0.2, 0.25) is 0 Å². The minimum absolute atomic E-state index is 0.487. The molecule has 0 spiro atoms. The maximum Gasteiger partial charge on any atom is 0.329 e. The zero-order chi connectivity index (χ0) is 10.3. The van der Waals surface area contributed by atoms with Crippen molar-refractivity contribution in [1.29, 1.82) is 0 Å². The van der Waals surface area contributed by atoms with E-state index in [-0.39, 0.29) is 0 Å². The molecule has 0 atom stereocenters. The van der Waals surface area contributed by atoms with Crippen LogP contribution in [0.2, 0.25) is 0 Å². The van der Waals surface area contributed by atoms with Crippen LogP contribution in [0.3, 0.4) is 0 Å². The molecule has 0 radical (unpaired) electrons. The Labute approximate surface area is 93.6 Å². The molecule has 0 saturated carbocycles. The number of allylic oxidation sites excluding steroid dienone is 6. The van der Waals surface area contributed by atoms with Crippen molar-refractivity contribution in [2.45, 2.75) is 0 Å². The van der Waals surface area contributed by atoms with Gasteiger partial charge >= 0.3 is 5.97 Å². The minimum Gasteiger partial charge on any atom is -0.478 e. The van der Waals surface area contributed by atoms with Crippen LogP contribution in [0, 0.1) is 0 Å². The molecule has 2 nitrogen and oxygen atoms in total. The van der Waals surface area contributed by atoms with Crippen LogP contribution in [0.5, 0.6) is 0 Å². The van der Waals surface area contributed by atoms with Crippen LogP contribution >= 0.6 is 31.9 Å². The molecule has 0 fully saturated rings. The van der Waals surface area contributed by atoms with Crippen LogP contribution in [0.4, 0.5) is 0 Å². The summed E-state index contributed by atoms with van der Waals surface area (Å²) in [7, 11) is 0. The highest BCUT2D eigenvalue weighted by atomic mass is 79.9. The average molecular weight is 308 g/mol. The van der Waals surface area contributed by atoms with E-state index >= 15 is 0 Å². The zero-order valence-electron chi connectivity index (χ0n) is 6.71. The molecular formula is C9H8Br2O2. The molecule has 4 heteroatoms. The second-order valence-corrected chi connectivity index (χ2v) is 3.82. The molecule has 1 N–H and O–H groups in total. The van der Waals surface area contributed by atoms with Crippen molar-refractivity contribution in [2.24, 2.45) is 0 Å². The Kier molecular flexibility index (Phi) is 6.54. The van der Waals surface area contributed by atoms with E-state index in [1.807, 2.05) is 0 Å². The quantitative estimate of drug-likeness (QED) is 0.638. The summed E-state index contributed by atoms with van der Waals surface area (Å²) in [4.78, 5) is 10.2. The summed E-state index contributed by atoms with van der Waals surface area (Å²) in [5.41, 5.74) is 0. The topological polar surface area (TPSA) is 37.3 Å². The van der Waals surface area contributed by atoms with Gasteiger partial charge in [-0.1, -0.05) is 50.6 Å². The molecule has 0 aliphatic carbocycles. The lowest BCUT2D eigenvalue weighted by Gasteiger charge is -1.89. The first kappa shape index (κ1) is 12.4. The smallest absolute Gasteiger partial charge is 0.329 e. The van der Waals surface area contributed by atoms with Crippen molar-refractivity contribution >= 4 is 37.8 Å². The first-order valence-electron chi connectivity index (χ1n) is 3.32. The Hall–Kier alpha value is -0.610. The summed E-state index contributed by atoms with van der Waals surface area (Å²) >= 11 is 6.32. The summed E-state index contributed by atoms with van der Waals surface area (Å²) in [5, 5.41) is 8.39. The fourth-order valence-electron chi connectivity index (χ4n) is 0.499. The maximum absolute atomic E-state index is 10.2. The van der Waals surface area contributed by atoms with Gasteiger partial charge in [0.25, 0.3) is 0 Å². The molecule has 70 valence electrons. The van der Waals surface area contributed by atoms with Gasteiger partial charge < -0.3 is 5.11 Å². The van der Waals surface area contributed by atoms with Crippen molar-refractivity contribution < 1.29 is 9.90 Å². The van der Waals surface area contributed by atoms with Crippen LogP contribution in [0.25, 0.3) is 0 Å². The van der Waals surface area contributed by atoms with Crippen molar-refractivity contribution in [2.75, 3.05) is 0 Å². The van der Waals surface area contributed by atoms with Gasteiger partial charge in [0.1, 0.15) is 0 Å². The minimum atomic E-state index is -0.990. The molecule has 13 heavy (non-hydrogen) atoms. The van der Waals surface area contributed by atoms with E-state index in [9.17, 15) is 4.79 Å². The summed E-state index contributed by atoms with van der Waals surface area (Å²) in [6.45, 7) is 3.50. The van der Waals surface area contributed by atoms with Gasteiger partial charge in [0.05, 0.1) is 0 Å². The average Bonchev–Trinajstić information content (AvgIpc) is 1.98. The normalized spacial score (nSPS) is 13.4. The Morgan fingerprint density at radius 1 is 1.23 bits per heavy atom. The Morgan fingerprint density at radius 2 is 1.85 bits per heavy atom. The van der Waals surface area contributed by atoms with Crippen LogP contribution in [0.15, 0.2) is 45.9 Å². The molecule has 0 amide bonds. The molecule has 0 rings (SSSR count). The van der Waals surface area contributed by atoms with Crippen molar-refractivity contribution in [1.82, 2.24) is 0 Å². The van der Waals surface area contributed by atoms with Crippen LogP contribution < -0.4 is 0 Å². The molecule has 0 aromatic heterocycles. The van der Waals surface area contributed by atoms with Gasteiger partial charge in [0.15, 0.2) is 0 Å². The molecule has 0 aromatic carbocycles. The number of aliphatic carboxylic acids is 1. The molecule has 0 aromatic rings. The van der Waals surface area contributed by atoms with Gasteiger partial charge in [-0.2, -0.15) is 0 Å². The first-order chi connectivity index (χ1) is 6.06. The SMILES string of the molecule is C=C\C=C/C(Br)=C\C(Br)=C\C(=O)O. The summed E-state index contributed by atoms with van der Waals surface area (Å²) in [5.74, 6) is -0.990. The van der Waals surface area contributed by atoms with E-state index in [1.165, 1.54) is 0 Å². The number of hydrogen-bond donors (Lipinski definition) is 1. The van der Waals surface area contributed by atoms with E-state index in [4.69, 9.17) is 5.11 Å². The Morgan fingerprint density at radius 3 is 2.31 bits per heavy atom. The number of carbonyl (C=O) groups is 1. The third-order valence-corrected chi connectivity index (χ3v) is 1.88. The summed E-state index contributed by atoms with van der Waals surface area (Å²) < 4.78 is 1.25. The predicted molar refractivity (Wildman–Crippen MR) is 61.0 cm³/mol. The fraction of sp³-hybridized carbons (Fsp3) is 0. The fourth-order valence-corrected chi connectivity index (χ4v) is 1.65. The zero-order valence-corrected chi connectivity index (χ0v) is 9.88. The van der Waals surface area contributed by atoms with Gasteiger partial charge in [0, 0.05) is 15.0 Å². The highest BCUT2D eigenvalue weighted by Crippen LogP contribution is 2.15. The number of hydrogen-bond acceptors (Lipinski definition) is 1.